The van der Waals surface area contributed by atoms with Crippen molar-refractivity contribution < 1.29 is 4.79 Å². The Bertz CT molecular complexity index is 680. The Labute approximate surface area is 132 Å². The molecule has 0 fully saturated rings. The molecule has 110 valence electrons. The topological polar surface area (TPSA) is 51.3 Å². The summed E-state index contributed by atoms with van der Waals surface area (Å²) < 4.78 is 2.77. The highest BCUT2D eigenvalue weighted by Crippen LogP contribution is 2.38. The largest absolute Gasteiger partial charge is 0.345 e. The molecule has 21 heavy (non-hydrogen) atoms. The third-order valence-electron chi connectivity index (χ3n) is 4.02. The number of amides is 1. The van der Waals surface area contributed by atoms with E-state index in [4.69, 9.17) is 5.73 Å². The second-order valence-electron chi connectivity index (χ2n) is 5.40. The van der Waals surface area contributed by atoms with Gasteiger partial charge in [0.15, 0.2) is 0 Å². The molecule has 2 aromatic rings. The lowest BCUT2D eigenvalue weighted by Gasteiger charge is -2.18. The van der Waals surface area contributed by atoms with E-state index >= 15 is 0 Å². The van der Waals surface area contributed by atoms with Gasteiger partial charge in [0, 0.05) is 35.9 Å². The van der Waals surface area contributed by atoms with Gasteiger partial charge in [-0.05, 0) is 46.6 Å². The zero-order valence-electron chi connectivity index (χ0n) is 11.9. The molecule has 1 aromatic heterocycles. The van der Waals surface area contributed by atoms with Gasteiger partial charge in [-0.25, -0.2) is 0 Å². The van der Waals surface area contributed by atoms with Crippen molar-refractivity contribution in [2.24, 2.45) is 12.8 Å². The van der Waals surface area contributed by atoms with E-state index in [1.54, 1.807) is 0 Å². The van der Waals surface area contributed by atoms with Crippen LogP contribution >= 0.6 is 15.9 Å². The highest BCUT2D eigenvalue weighted by molar-refractivity contribution is 9.10. The van der Waals surface area contributed by atoms with E-state index in [1.165, 1.54) is 5.56 Å². The van der Waals surface area contributed by atoms with Crippen LogP contribution in [0.3, 0.4) is 0 Å². The number of carbonyl (C=O) groups is 1. The number of fused-ring (bicyclic) bond motifs is 1. The molecule has 1 aliphatic rings. The zero-order chi connectivity index (χ0) is 15.0. The molecule has 0 bridgehead atoms. The van der Waals surface area contributed by atoms with Gasteiger partial charge < -0.3 is 15.2 Å². The summed E-state index contributed by atoms with van der Waals surface area (Å²) in [6, 6.07) is 9.98. The van der Waals surface area contributed by atoms with E-state index in [2.05, 4.69) is 22.0 Å². The Hall–Kier alpha value is -1.59. The molecule has 5 heteroatoms. The summed E-state index contributed by atoms with van der Waals surface area (Å²) >= 11 is 3.42. The van der Waals surface area contributed by atoms with E-state index in [1.807, 2.05) is 47.0 Å². The van der Waals surface area contributed by atoms with E-state index < -0.39 is 0 Å². The molecule has 3 rings (SSSR count). The maximum Gasteiger partial charge on any atom is 0.274 e. The average Bonchev–Trinajstić information content (AvgIpc) is 3.00. The third-order valence-corrected chi connectivity index (χ3v) is 4.45. The Kier molecular flexibility index (Phi) is 3.87. The first-order chi connectivity index (χ1) is 10.1. The molecule has 1 aromatic carbocycles. The van der Waals surface area contributed by atoms with Crippen LogP contribution in [0.1, 0.15) is 28.4 Å². The average molecular weight is 348 g/mol. The number of para-hydroxylation sites is 1. The first-order valence-electron chi connectivity index (χ1n) is 7.04. The van der Waals surface area contributed by atoms with Crippen molar-refractivity contribution in [3.05, 3.63) is 52.3 Å². The second-order valence-corrected chi connectivity index (χ2v) is 6.32. The number of aryl methyl sites for hydroxylation is 1. The summed E-state index contributed by atoms with van der Waals surface area (Å²) in [7, 11) is 1.89. The molecule has 1 amide bonds. The summed E-state index contributed by atoms with van der Waals surface area (Å²) in [4.78, 5) is 14.7. The van der Waals surface area contributed by atoms with Crippen LogP contribution in [-0.2, 0) is 7.05 Å². The van der Waals surface area contributed by atoms with Gasteiger partial charge in [0.1, 0.15) is 5.69 Å². The predicted octanol–water partition coefficient (Wildman–Crippen LogP) is 2.88. The van der Waals surface area contributed by atoms with Gasteiger partial charge in [-0.15, -0.1) is 0 Å². The van der Waals surface area contributed by atoms with Crippen molar-refractivity contribution in [1.29, 1.82) is 0 Å². The highest BCUT2D eigenvalue weighted by Gasteiger charge is 2.32. The van der Waals surface area contributed by atoms with Gasteiger partial charge in [0.05, 0.1) is 0 Å². The standard InChI is InChI=1S/C16H18BrN3O/c1-19-10-12(17)8-15(19)16(21)20-9-11(6-7-18)13-4-2-3-5-14(13)20/h2-5,8,10-11H,6-7,9,18H2,1H3. The van der Waals surface area contributed by atoms with E-state index in [0.717, 1.165) is 16.6 Å². The number of nitrogens with two attached hydrogens (primary N) is 1. The van der Waals surface area contributed by atoms with Crippen LogP contribution in [0.5, 0.6) is 0 Å². The minimum atomic E-state index is 0.0372. The van der Waals surface area contributed by atoms with Crippen molar-refractivity contribution in [2.45, 2.75) is 12.3 Å². The fraction of sp³-hybridized carbons (Fsp3) is 0.312. The van der Waals surface area contributed by atoms with Gasteiger partial charge in [-0.2, -0.15) is 0 Å². The molecule has 0 spiro atoms. The maximum atomic E-state index is 12.8. The Morgan fingerprint density at radius 3 is 2.86 bits per heavy atom. The number of hydrogen-bond acceptors (Lipinski definition) is 2. The number of aromatic nitrogens is 1. The Morgan fingerprint density at radius 2 is 2.19 bits per heavy atom. The molecular formula is C16H18BrN3O. The van der Waals surface area contributed by atoms with Crippen LogP contribution in [0.15, 0.2) is 41.0 Å². The molecule has 0 saturated carbocycles. The molecule has 1 aliphatic heterocycles. The minimum absolute atomic E-state index is 0.0372. The van der Waals surface area contributed by atoms with Crippen LogP contribution in [-0.4, -0.2) is 23.6 Å². The highest BCUT2D eigenvalue weighted by atomic mass is 79.9. The summed E-state index contributed by atoms with van der Waals surface area (Å²) in [6.07, 6.45) is 2.80. The summed E-state index contributed by atoms with van der Waals surface area (Å²) in [5.74, 6) is 0.369. The SMILES string of the molecule is Cn1cc(Br)cc1C(=O)N1CC(CCN)c2ccccc21. The van der Waals surface area contributed by atoms with Crippen molar-refractivity contribution in [1.82, 2.24) is 4.57 Å². The number of hydrogen-bond donors (Lipinski definition) is 1. The normalized spacial score (nSPS) is 17.1. The quantitative estimate of drug-likeness (QED) is 0.927. The van der Waals surface area contributed by atoms with Crippen LogP contribution in [0.4, 0.5) is 5.69 Å². The number of anilines is 1. The monoisotopic (exact) mass is 347 g/mol. The lowest BCUT2D eigenvalue weighted by atomic mass is 9.98. The van der Waals surface area contributed by atoms with Crippen LogP contribution in [0, 0.1) is 0 Å². The van der Waals surface area contributed by atoms with Crippen LogP contribution < -0.4 is 10.6 Å². The van der Waals surface area contributed by atoms with Crippen molar-refractivity contribution in [3.63, 3.8) is 0 Å². The molecule has 1 unspecified atom stereocenters. The van der Waals surface area contributed by atoms with Gasteiger partial charge in [-0.3, -0.25) is 4.79 Å². The fourth-order valence-corrected chi connectivity index (χ4v) is 3.53. The number of rotatable bonds is 3. The number of carbonyl (C=O) groups excluding carboxylic acids is 1. The lowest BCUT2D eigenvalue weighted by Crippen LogP contribution is -2.31. The fourth-order valence-electron chi connectivity index (χ4n) is 3.01. The van der Waals surface area contributed by atoms with E-state index in [0.29, 0.717) is 24.7 Å². The molecule has 0 aliphatic carbocycles. The first-order valence-corrected chi connectivity index (χ1v) is 7.84. The molecule has 2 N–H and O–H groups in total. The first kappa shape index (κ1) is 14.4. The second kappa shape index (κ2) is 5.66. The molecular weight excluding hydrogens is 330 g/mol. The molecule has 4 nitrogen and oxygen atoms in total. The lowest BCUT2D eigenvalue weighted by molar-refractivity contribution is 0.0980. The molecule has 0 saturated heterocycles. The Balaban J connectivity index is 1.96. The smallest absolute Gasteiger partial charge is 0.274 e. The molecule has 2 heterocycles. The van der Waals surface area contributed by atoms with E-state index in [9.17, 15) is 4.79 Å². The predicted molar refractivity (Wildman–Crippen MR) is 87.6 cm³/mol. The minimum Gasteiger partial charge on any atom is -0.345 e. The summed E-state index contributed by atoms with van der Waals surface area (Å²) in [5, 5.41) is 0. The van der Waals surface area contributed by atoms with Gasteiger partial charge in [0.2, 0.25) is 0 Å². The molecule has 1 atom stereocenters. The zero-order valence-corrected chi connectivity index (χ0v) is 13.5. The number of benzene rings is 1. The number of nitrogens with zero attached hydrogens (tertiary/aromatic N) is 2. The maximum absolute atomic E-state index is 12.8. The number of halogens is 1. The van der Waals surface area contributed by atoms with Crippen LogP contribution in [0.25, 0.3) is 0 Å². The third kappa shape index (κ3) is 2.51. The Morgan fingerprint density at radius 1 is 1.43 bits per heavy atom. The molecule has 0 radical (unpaired) electrons. The van der Waals surface area contributed by atoms with Crippen molar-refractivity contribution >= 4 is 27.5 Å². The van der Waals surface area contributed by atoms with Crippen molar-refractivity contribution in [2.75, 3.05) is 18.0 Å². The van der Waals surface area contributed by atoms with E-state index in [-0.39, 0.29) is 5.91 Å². The summed E-state index contributed by atoms with van der Waals surface area (Å²) in [5.41, 5.74) is 8.64. The van der Waals surface area contributed by atoms with Gasteiger partial charge >= 0.3 is 0 Å². The van der Waals surface area contributed by atoms with Crippen molar-refractivity contribution in [3.8, 4) is 0 Å². The van der Waals surface area contributed by atoms with Gasteiger partial charge in [-0.1, -0.05) is 18.2 Å². The van der Waals surface area contributed by atoms with Crippen LogP contribution in [0.2, 0.25) is 0 Å². The summed E-state index contributed by atoms with van der Waals surface area (Å²) in [6.45, 7) is 1.34. The van der Waals surface area contributed by atoms with Gasteiger partial charge in [0.25, 0.3) is 5.91 Å².